The molecule has 0 fully saturated rings. The largest absolute Gasteiger partial charge is 0.383 e. The van der Waals surface area contributed by atoms with Gasteiger partial charge >= 0.3 is 0 Å². The van der Waals surface area contributed by atoms with Gasteiger partial charge in [-0.1, -0.05) is 11.6 Å². The summed E-state index contributed by atoms with van der Waals surface area (Å²) < 4.78 is 7.03. The highest BCUT2D eigenvalue weighted by Crippen LogP contribution is 2.27. The number of rotatable bonds is 4. The third kappa shape index (κ3) is 2.34. The van der Waals surface area contributed by atoms with E-state index in [-0.39, 0.29) is 0 Å². The Morgan fingerprint density at radius 3 is 3.16 bits per heavy atom. The second-order valence-corrected chi connectivity index (χ2v) is 5.17. The van der Waals surface area contributed by atoms with Crippen molar-refractivity contribution in [2.75, 3.05) is 13.7 Å². The molecule has 7 heteroatoms. The Kier molecular flexibility index (Phi) is 3.46. The molecule has 98 valence electrons. The first-order valence-electron chi connectivity index (χ1n) is 5.71. The van der Waals surface area contributed by atoms with Crippen molar-refractivity contribution in [3.63, 3.8) is 0 Å². The topological polar surface area (TPSA) is 52.8 Å². The summed E-state index contributed by atoms with van der Waals surface area (Å²) in [7, 11) is 1.67. The minimum absolute atomic E-state index is 0.461. The smallest absolute Gasteiger partial charge is 0.198 e. The van der Waals surface area contributed by atoms with Crippen molar-refractivity contribution in [3.05, 3.63) is 29.0 Å². The first kappa shape index (κ1) is 12.5. The average molecular weight is 295 g/mol. The standard InChI is InChI=1S/C12H11ClN4OS/c1-18-6-5-17-4-3-14-11(17)10-15-9(13)8-2-7-19-12(8)16-10/h2-4,7H,5-6H2,1H3. The molecule has 0 aliphatic heterocycles. The summed E-state index contributed by atoms with van der Waals surface area (Å²) >= 11 is 7.71. The quantitative estimate of drug-likeness (QED) is 0.694. The van der Waals surface area contributed by atoms with Gasteiger partial charge in [0.1, 0.15) is 9.98 Å². The van der Waals surface area contributed by atoms with Crippen LogP contribution in [0.2, 0.25) is 5.15 Å². The second kappa shape index (κ2) is 5.24. The molecule has 0 aliphatic carbocycles. The minimum atomic E-state index is 0.461. The maximum absolute atomic E-state index is 6.17. The van der Waals surface area contributed by atoms with Gasteiger partial charge in [-0.05, 0) is 11.4 Å². The van der Waals surface area contributed by atoms with Crippen LogP contribution in [-0.4, -0.2) is 33.2 Å². The molecule has 0 aromatic carbocycles. The second-order valence-electron chi connectivity index (χ2n) is 3.91. The number of thiophene rings is 1. The number of imidazole rings is 1. The number of ether oxygens (including phenoxy) is 1. The lowest BCUT2D eigenvalue weighted by molar-refractivity contribution is 0.187. The zero-order valence-electron chi connectivity index (χ0n) is 10.2. The molecule has 0 radical (unpaired) electrons. The van der Waals surface area contributed by atoms with Gasteiger partial charge in [0.2, 0.25) is 0 Å². The molecule has 0 spiro atoms. The Morgan fingerprint density at radius 2 is 2.32 bits per heavy atom. The molecule has 0 aliphatic rings. The predicted octanol–water partition coefficient (Wildman–Crippen LogP) is 2.85. The molecule has 0 amide bonds. The van der Waals surface area contributed by atoms with Crippen molar-refractivity contribution in [2.45, 2.75) is 6.54 Å². The van der Waals surface area contributed by atoms with Crippen LogP contribution in [0.5, 0.6) is 0 Å². The van der Waals surface area contributed by atoms with Crippen LogP contribution in [0.4, 0.5) is 0 Å². The Balaban J connectivity index is 2.06. The molecule has 0 N–H and O–H groups in total. The summed E-state index contributed by atoms with van der Waals surface area (Å²) in [4.78, 5) is 14.0. The van der Waals surface area contributed by atoms with E-state index in [0.717, 1.165) is 10.2 Å². The normalized spacial score (nSPS) is 11.3. The van der Waals surface area contributed by atoms with Gasteiger partial charge in [-0.25, -0.2) is 15.0 Å². The lowest BCUT2D eigenvalue weighted by Gasteiger charge is -2.06. The van der Waals surface area contributed by atoms with Gasteiger partial charge in [0.15, 0.2) is 11.6 Å². The van der Waals surface area contributed by atoms with Crippen LogP contribution < -0.4 is 0 Å². The van der Waals surface area contributed by atoms with Gasteiger partial charge in [-0.2, -0.15) is 0 Å². The van der Waals surface area contributed by atoms with Gasteiger partial charge in [0, 0.05) is 31.4 Å². The number of aromatic nitrogens is 4. The summed E-state index contributed by atoms with van der Waals surface area (Å²) in [5.41, 5.74) is 0. The molecular formula is C12H11ClN4OS. The number of halogens is 1. The number of nitrogens with zero attached hydrogens (tertiary/aromatic N) is 4. The Labute approximate surface area is 118 Å². The molecule has 0 atom stereocenters. The van der Waals surface area contributed by atoms with Crippen molar-refractivity contribution in [3.8, 4) is 11.6 Å². The van der Waals surface area contributed by atoms with Crippen LogP contribution in [0.25, 0.3) is 21.9 Å². The maximum Gasteiger partial charge on any atom is 0.198 e. The van der Waals surface area contributed by atoms with E-state index < -0.39 is 0 Å². The summed E-state index contributed by atoms with van der Waals surface area (Å²) in [5, 5.41) is 3.29. The van der Waals surface area contributed by atoms with Gasteiger partial charge < -0.3 is 9.30 Å². The monoisotopic (exact) mass is 294 g/mol. The van der Waals surface area contributed by atoms with Gasteiger partial charge in [0.05, 0.1) is 6.61 Å². The molecule has 3 heterocycles. The number of methoxy groups -OCH3 is 1. The van der Waals surface area contributed by atoms with E-state index in [2.05, 4.69) is 15.0 Å². The van der Waals surface area contributed by atoms with Gasteiger partial charge in [-0.3, -0.25) is 0 Å². The first-order valence-corrected chi connectivity index (χ1v) is 6.96. The van der Waals surface area contributed by atoms with E-state index in [1.54, 1.807) is 13.3 Å². The molecule has 3 rings (SSSR count). The third-order valence-electron chi connectivity index (χ3n) is 2.73. The van der Waals surface area contributed by atoms with E-state index in [0.29, 0.717) is 30.0 Å². The maximum atomic E-state index is 6.17. The highest BCUT2D eigenvalue weighted by molar-refractivity contribution is 7.16. The van der Waals surface area contributed by atoms with Crippen molar-refractivity contribution < 1.29 is 4.74 Å². The van der Waals surface area contributed by atoms with Crippen LogP contribution >= 0.6 is 22.9 Å². The van der Waals surface area contributed by atoms with E-state index >= 15 is 0 Å². The third-order valence-corrected chi connectivity index (χ3v) is 3.83. The van der Waals surface area contributed by atoms with E-state index in [1.165, 1.54) is 11.3 Å². The molecule has 0 saturated heterocycles. The summed E-state index contributed by atoms with van der Waals surface area (Å²) in [5.74, 6) is 1.25. The lowest BCUT2D eigenvalue weighted by Crippen LogP contribution is -2.06. The van der Waals surface area contributed by atoms with E-state index in [4.69, 9.17) is 16.3 Å². The van der Waals surface area contributed by atoms with Crippen LogP contribution in [-0.2, 0) is 11.3 Å². The fourth-order valence-electron chi connectivity index (χ4n) is 1.80. The lowest BCUT2D eigenvalue weighted by atomic mass is 10.4. The van der Waals surface area contributed by atoms with Crippen LogP contribution in [0.1, 0.15) is 0 Å². The molecule has 3 aromatic rings. The van der Waals surface area contributed by atoms with Crippen LogP contribution in [0.3, 0.4) is 0 Å². The van der Waals surface area contributed by atoms with Gasteiger partial charge in [-0.15, -0.1) is 11.3 Å². The van der Waals surface area contributed by atoms with Gasteiger partial charge in [0.25, 0.3) is 0 Å². The molecule has 19 heavy (non-hydrogen) atoms. The molecule has 0 unspecified atom stereocenters. The van der Waals surface area contributed by atoms with Crippen molar-refractivity contribution in [2.24, 2.45) is 0 Å². The first-order chi connectivity index (χ1) is 9.29. The summed E-state index contributed by atoms with van der Waals surface area (Å²) in [6.45, 7) is 1.31. The molecule has 3 aromatic heterocycles. The SMILES string of the molecule is COCCn1ccnc1-c1nc(Cl)c2ccsc2n1. The number of hydrogen-bond donors (Lipinski definition) is 0. The fourth-order valence-corrected chi connectivity index (χ4v) is 2.86. The molecule has 0 saturated carbocycles. The Hall–Kier alpha value is -1.50. The average Bonchev–Trinajstić information content (AvgIpc) is 3.04. The van der Waals surface area contributed by atoms with Crippen molar-refractivity contribution >= 4 is 33.2 Å². The zero-order chi connectivity index (χ0) is 13.2. The zero-order valence-corrected chi connectivity index (χ0v) is 11.8. The highest BCUT2D eigenvalue weighted by Gasteiger charge is 2.13. The van der Waals surface area contributed by atoms with E-state index in [1.807, 2.05) is 22.2 Å². The summed E-state index contributed by atoms with van der Waals surface area (Å²) in [6.07, 6.45) is 3.60. The molecule has 5 nitrogen and oxygen atoms in total. The highest BCUT2D eigenvalue weighted by atomic mass is 35.5. The van der Waals surface area contributed by atoms with E-state index in [9.17, 15) is 0 Å². The minimum Gasteiger partial charge on any atom is -0.383 e. The van der Waals surface area contributed by atoms with Crippen molar-refractivity contribution in [1.29, 1.82) is 0 Å². The van der Waals surface area contributed by atoms with Crippen LogP contribution in [0, 0.1) is 0 Å². The summed E-state index contributed by atoms with van der Waals surface area (Å²) in [6, 6.07) is 1.92. The Bertz CT molecular complexity index is 709. The fraction of sp³-hybridized carbons (Fsp3) is 0.250. The predicted molar refractivity (Wildman–Crippen MR) is 75.5 cm³/mol. The van der Waals surface area contributed by atoms with Crippen molar-refractivity contribution in [1.82, 2.24) is 19.5 Å². The number of hydrogen-bond acceptors (Lipinski definition) is 5. The van der Waals surface area contributed by atoms with Crippen LogP contribution in [0.15, 0.2) is 23.8 Å². The Morgan fingerprint density at radius 1 is 1.42 bits per heavy atom. The number of fused-ring (bicyclic) bond motifs is 1. The molecular weight excluding hydrogens is 284 g/mol. The molecule has 0 bridgehead atoms.